The molecule has 1 saturated heterocycles. The number of halogens is 1. The summed E-state index contributed by atoms with van der Waals surface area (Å²) in [5.74, 6) is 0.838. The third-order valence-corrected chi connectivity index (χ3v) is 5.21. The summed E-state index contributed by atoms with van der Waals surface area (Å²) in [6, 6.07) is 8.01. The molecule has 2 fully saturated rings. The van der Waals surface area contributed by atoms with Crippen LogP contribution in [0.2, 0.25) is 5.02 Å². The fourth-order valence-electron chi connectivity index (χ4n) is 3.42. The number of carbonyl (C=O) groups excluding carboxylic acids is 1. The summed E-state index contributed by atoms with van der Waals surface area (Å²) in [5.41, 5.74) is 0.706. The minimum atomic E-state index is 0.0919. The van der Waals surface area contributed by atoms with E-state index in [1.807, 2.05) is 4.90 Å². The zero-order chi connectivity index (χ0) is 16.2. The van der Waals surface area contributed by atoms with Gasteiger partial charge in [-0.25, -0.2) is 0 Å². The van der Waals surface area contributed by atoms with E-state index in [9.17, 15) is 9.90 Å². The molecular formula is C18H25ClN2O2. The average molecular weight is 337 g/mol. The summed E-state index contributed by atoms with van der Waals surface area (Å²) in [6.07, 6.45) is 5.37. The molecule has 1 amide bonds. The van der Waals surface area contributed by atoms with Crippen molar-refractivity contribution in [3.8, 4) is 0 Å². The number of carbonyl (C=O) groups is 1. The van der Waals surface area contributed by atoms with Crippen molar-refractivity contribution in [2.45, 2.75) is 44.2 Å². The topological polar surface area (TPSA) is 52.6 Å². The van der Waals surface area contributed by atoms with Gasteiger partial charge in [0.05, 0.1) is 0 Å². The summed E-state index contributed by atoms with van der Waals surface area (Å²) < 4.78 is 0. The summed E-state index contributed by atoms with van der Waals surface area (Å²) in [6.45, 7) is 1.83. The van der Waals surface area contributed by atoms with Crippen LogP contribution < -0.4 is 5.32 Å². The predicted octanol–water partition coefficient (Wildman–Crippen LogP) is 2.70. The van der Waals surface area contributed by atoms with E-state index in [4.69, 9.17) is 11.6 Å². The molecule has 0 aromatic heterocycles. The molecule has 1 aromatic rings. The molecule has 1 atom stereocenters. The van der Waals surface area contributed by atoms with Crippen LogP contribution in [0, 0.1) is 5.92 Å². The van der Waals surface area contributed by atoms with Crippen molar-refractivity contribution >= 4 is 17.5 Å². The first kappa shape index (κ1) is 16.7. The Morgan fingerprint density at radius 3 is 2.43 bits per heavy atom. The first-order valence-electron chi connectivity index (χ1n) is 8.59. The Morgan fingerprint density at radius 2 is 1.87 bits per heavy atom. The van der Waals surface area contributed by atoms with Gasteiger partial charge in [-0.2, -0.15) is 0 Å². The highest BCUT2D eigenvalue weighted by Gasteiger charge is 2.33. The number of nitrogens with one attached hydrogen (secondary N) is 1. The Hall–Kier alpha value is -1.10. The Bertz CT molecular complexity index is 522. The molecule has 1 aliphatic heterocycles. The number of hydrogen-bond acceptors (Lipinski definition) is 3. The maximum atomic E-state index is 12.5. The third-order valence-electron chi connectivity index (χ3n) is 4.95. The van der Waals surface area contributed by atoms with E-state index in [0.717, 1.165) is 38.3 Å². The van der Waals surface area contributed by atoms with Crippen LogP contribution in [0.25, 0.3) is 0 Å². The number of piperidine rings is 1. The molecule has 1 aliphatic carbocycles. The van der Waals surface area contributed by atoms with Crippen LogP contribution in [0.3, 0.4) is 0 Å². The van der Waals surface area contributed by atoms with E-state index in [1.165, 1.54) is 12.8 Å². The van der Waals surface area contributed by atoms with Gasteiger partial charge in [0.25, 0.3) is 5.91 Å². The number of nitrogens with zero attached hydrogens (tertiary/aromatic N) is 1. The van der Waals surface area contributed by atoms with Crippen molar-refractivity contribution in [2.24, 2.45) is 5.92 Å². The minimum absolute atomic E-state index is 0.0919. The van der Waals surface area contributed by atoms with Crippen LogP contribution >= 0.6 is 11.6 Å². The Morgan fingerprint density at radius 1 is 1.22 bits per heavy atom. The maximum absolute atomic E-state index is 12.5. The van der Waals surface area contributed by atoms with Crippen LogP contribution in [0.5, 0.6) is 0 Å². The van der Waals surface area contributed by atoms with E-state index < -0.39 is 0 Å². The quantitative estimate of drug-likeness (QED) is 0.839. The normalized spacial score (nSPS) is 20.5. The van der Waals surface area contributed by atoms with Crippen LogP contribution in [0.4, 0.5) is 0 Å². The number of benzene rings is 1. The third kappa shape index (κ3) is 4.46. The van der Waals surface area contributed by atoms with Crippen molar-refractivity contribution in [3.05, 3.63) is 34.9 Å². The van der Waals surface area contributed by atoms with Gasteiger partial charge >= 0.3 is 0 Å². The molecule has 2 N–H and O–H groups in total. The SMILES string of the molecule is O=C(c1ccc(Cl)cc1)N1CCC(NC(CCO)C2CC2)CC1. The van der Waals surface area contributed by atoms with Crippen LogP contribution in [0.15, 0.2) is 24.3 Å². The van der Waals surface area contributed by atoms with E-state index in [1.54, 1.807) is 24.3 Å². The molecule has 2 aliphatic rings. The summed E-state index contributed by atoms with van der Waals surface area (Å²) in [4.78, 5) is 14.4. The monoisotopic (exact) mass is 336 g/mol. The highest BCUT2D eigenvalue weighted by Crippen LogP contribution is 2.34. The molecular weight excluding hydrogens is 312 g/mol. The number of aliphatic hydroxyl groups is 1. The second-order valence-corrected chi connectivity index (χ2v) is 7.13. The molecule has 1 saturated carbocycles. The number of amides is 1. The Labute approximate surface area is 142 Å². The fraction of sp³-hybridized carbons (Fsp3) is 0.611. The number of hydrogen-bond donors (Lipinski definition) is 2. The number of likely N-dealkylation sites (tertiary alicyclic amines) is 1. The van der Waals surface area contributed by atoms with Gasteiger partial charge in [0.1, 0.15) is 0 Å². The number of rotatable bonds is 6. The molecule has 0 spiro atoms. The first-order chi connectivity index (χ1) is 11.2. The summed E-state index contributed by atoms with van der Waals surface area (Å²) >= 11 is 5.87. The molecule has 3 rings (SSSR count). The molecule has 4 nitrogen and oxygen atoms in total. The van der Waals surface area contributed by atoms with Crippen molar-refractivity contribution in [2.75, 3.05) is 19.7 Å². The van der Waals surface area contributed by atoms with Crippen LogP contribution in [-0.4, -0.2) is 47.7 Å². The van der Waals surface area contributed by atoms with Gasteiger partial charge in [-0.15, -0.1) is 0 Å². The van der Waals surface area contributed by atoms with Crippen molar-refractivity contribution in [1.82, 2.24) is 10.2 Å². The lowest BCUT2D eigenvalue weighted by Gasteiger charge is -2.34. The summed E-state index contributed by atoms with van der Waals surface area (Å²) in [7, 11) is 0. The lowest BCUT2D eigenvalue weighted by Crippen LogP contribution is -2.48. The van der Waals surface area contributed by atoms with E-state index in [0.29, 0.717) is 22.7 Å². The lowest BCUT2D eigenvalue weighted by molar-refractivity contribution is 0.0699. The van der Waals surface area contributed by atoms with Gasteiger partial charge in [0.2, 0.25) is 0 Å². The van der Waals surface area contributed by atoms with Gasteiger partial charge in [-0.05, 0) is 62.3 Å². The maximum Gasteiger partial charge on any atom is 0.253 e. The van der Waals surface area contributed by atoms with Crippen molar-refractivity contribution in [3.63, 3.8) is 0 Å². The van der Waals surface area contributed by atoms with Crippen LogP contribution in [-0.2, 0) is 0 Å². The molecule has 0 bridgehead atoms. The highest BCUT2D eigenvalue weighted by atomic mass is 35.5. The zero-order valence-corrected chi connectivity index (χ0v) is 14.1. The molecule has 0 radical (unpaired) electrons. The Balaban J connectivity index is 1.49. The van der Waals surface area contributed by atoms with Gasteiger partial charge in [-0.3, -0.25) is 4.79 Å². The largest absolute Gasteiger partial charge is 0.396 e. The molecule has 1 aromatic carbocycles. The molecule has 126 valence electrons. The molecule has 1 heterocycles. The zero-order valence-electron chi connectivity index (χ0n) is 13.4. The standard InChI is InChI=1S/C18H25ClN2O2/c19-15-5-3-14(4-6-15)18(23)21-10-7-16(8-11-21)20-17(9-12-22)13-1-2-13/h3-6,13,16-17,20,22H,1-2,7-12H2. The Kier molecular flexibility index (Phi) is 5.57. The van der Waals surface area contributed by atoms with Crippen molar-refractivity contribution in [1.29, 1.82) is 0 Å². The van der Waals surface area contributed by atoms with Gasteiger partial charge < -0.3 is 15.3 Å². The second-order valence-electron chi connectivity index (χ2n) is 6.70. The predicted molar refractivity (Wildman–Crippen MR) is 91.7 cm³/mol. The van der Waals surface area contributed by atoms with E-state index in [-0.39, 0.29) is 12.5 Å². The van der Waals surface area contributed by atoms with Crippen LogP contribution in [0.1, 0.15) is 42.5 Å². The highest BCUT2D eigenvalue weighted by molar-refractivity contribution is 6.30. The van der Waals surface area contributed by atoms with Gasteiger partial charge in [0.15, 0.2) is 0 Å². The number of aliphatic hydroxyl groups excluding tert-OH is 1. The average Bonchev–Trinajstić information content (AvgIpc) is 3.40. The van der Waals surface area contributed by atoms with Gasteiger partial charge in [-0.1, -0.05) is 11.6 Å². The van der Waals surface area contributed by atoms with E-state index >= 15 is 0 Å². The van der Waals surface area contributed by atoms with Gasteiger partial charge in [0, 0.05) is 42.4 Å². The summed E-state index contributed by atoms with van der Waals surface area (Å²) in [5, 5.41) is 13.6. The van der Waals surface area contributed by atoms with Crippen molar-refractivity contribution < 1.29 is 9.90 Å². The molecule has 23 heavy (non-hydrogen) atoms. The van der Waals surface area contributed by atoms with E-state index in [2.05, 4.69) is 5.32 Å². The smallest absolute Gasteiger partial charge is 0.253 e. The second kappa shape index (κ2) is 7.65. The first-order valence-corrected chi connectivity index (χ1v) is 8.97. The molecule has 1 unspecified atom stereocenters. The fourth-order valence-corrected chi connectivity index (χ4v) is 3.55. The molecule has 5 heteroatoms. The lowest BCUT2D eigenvalue weighted by atomic mass is 10.0. The minimum Gasteiger partial charge on any atom is -0.396 e.